The smallest absolute Gasteiger partial charge is 0.250 e. The van der Waals surface area contributed by atoms with Gasteiger partial charge in [0.25, 0.3) is 0 Å². The normalized spacial score (nSPS) is 23.1. The quantitative estimate of drug-likeness (QED) is 0.875. The SMILES string of the molecule is COc1ccc(OC)c(NC(=O)C2(C)CCN2C(=O)C2CCCCC2)c1. The van der Waals surface area contributed by atoms with Gasteiger partial charge in [0.05, 0.1) is 19.9 Å². The third-order valence-corrected chi connectivity index (χ3v) is 5.78. The van der Waals surface area contributed by atoms with Crippen LogP contribution in [0.2, 0.25) is 0 Å². The molecule has 1 aliphatic carbocycles. The fourth-order valence-corrected chi connectivity index (χ4v) is 3.89. The Labute approximate surface area is 154 Å². The summed E-state index contributed by atoms with van der Waals surface area (Å²) < 4.78 is 10.6. The van der Waals surface area contributed by atoms with E-state index in [2.05, 4.69) is 5.32 Å². The number of rotatable bonds is 5. The number of amides is 2. The molecular weight excluding hydrogens is 332 g/mol. The van der Waals surface area contributed by atoms with E-state index in [-0.39, 0.29) is 17.7 Å². The fraction of sp³-hybridized carbons (Fsp3) is 0.600. The van der Waals surface area contributed by atoms with E-state index in [0.717, 1.165) is 25.7 Å². The summed E-state index contributed by atoms with van der Waals surface area (Å²) in [5.74, 6) is 1.22. The molecule has 0 aromatic heterocycles. The number of methoxy groups -OCH3 is 2. The lowest BCUT2D eigenvalue weighted by molar-refractivity contribution is -0.158. The molecule has 6 nitrogen and oxygen atoms in total. The van der Waals surface area contributed by atoms with Gasteiger partial charge in [-0.15, -0.1) is 0 Å². The second kappa shape index (κ2) is 7.56. The molecule has 1 aliphatic heterocycles. The van der Waals surface area contributed by atoms with Crippen LogP contribution in [0.3, 0.4) is 0 Å². The summed E-state index contributed by atoms with van der Waals surface area (Å²) in [6, 6.07) is 5.26. The van der Waals surface area contributed by atoms with Crippen LogP contribution in [-0.4, -0.2) is 43.0 Å². The first kappa shape index (κ1) is 18.5. The molecule has 2 amide bonds. The van der Waals surface area contributed by atoms with Crippen molar-refractivity contribution < 1.29 is 19.1 Å². The lowest BCUT2D eigenvalue weighted by Gasteiger charge is -2.50. The van der Waals surface area contributed by atoms with Crippen LogP contribution in [0, 0.1) is 5.92 Å². The number of ether oxygens (including phenoxy) is 2. The molecule has 3 rings (SSSR count). The van der Waals surface area contributed by atoms with Crippen LogP contribution < -0.4 is 14.8 Å². The maximum atomic E-state index is 13.0. The van der Waals surface area contributed by atoms with E-state index in [9.17, 15) is 9.59 Å². The Bertz CT molecular complexity index is 684. The molecule has 1 aromatic carbocycles. The molecule has 1 unspecified atom stereocenters. The van der Waals surface area contributed by atoms with E-state index in [1.165, 1.54) is 6.42 Å². The van der Waals surface area contributed by atoms with Crippen molar-refractivity contribution in [2.75, 3.05) is 26.1 Å². The highest BCUT2D eigenvalue weighted by Crippen LogP contribution is 2.37. The van der Waals surface area contributed by atoms with Gasteiger partial charge in [-0.25, -0.2) is 0 Å². The average Bonchev–Trinajstić information content (AvgIpc) is 2.66. The molecule has 0 spiro atoms. The number of carbonyl (C=O) groups is 2. The van der Waals surface area contributed by atoms with Crippen molar-refractivity contribution >= 4 is 17.5 Å². The standard InChI is InChI=1S/C20H28N2O4/c1-20(11-12-22(20)18(23)14-7-5-4-6-8-14)19(24)21-16-13-15(25-2)9-10-17(16)26-3/h9-10,13-14H,4-8,11-12H2,1-3H3,(H,21,24). The van der Waals surface area contributed by atoms with Crippen LogP contribution in [0.4, 0.5) is 5.69 Å². The van der Waals surface area contributed by atoms with Crippen LogP contribution in [-0.2, 0) is 9.59 Å². The van der Waals surface area contributed by atoms with Gasteiger partial charge >= 0.3 is 0 Å². The summed E-state index contributed by atoms with van der Waals surface area (Å²) in [6.07, 6.45) is 5.97. The predicted molar refractivity (Wildman–Crippen MR) is 99.5 cm³/mol. The summed E-state index contributed by atoms with van der Waals surface area (Å²) in [7, 11) is 3.13. The first-order valence-electron chi connectivity index (χ1n) is 9.34. The Morgan fingerprint density at radius 1 is 1.15 bits per heavy atom. The van der Waals surface area contributed by atoms with Crippen molar-refractivity contribution in [3.63, 3.8) is 0 Å². The number of carbonyl (C=O) groups excluding carboxylic acids is 2. The van der Waals surface area contributed by atoms with Crippen molar-refractivity contribution in [2.45, 2.75) is 51.0 Å². The molecule has 1 heterocycles. The molecule has 0 radical (unpaired) electrons. The zero-order valence-corrected chi connectivity index (χ0v) is 15.8. The molecule has 0 bridgehead atoms. The summed E-state index contributed by atoms with van der Waals surface area (Å²) in [6.45, 7) is 2.49. The lowest BCUT2D eigenvalue weighted by atomic mass is 9.81. The molecule has 1 atom stereocenters. The van der Waals surface area contributed by atoms with Crippen molar-refractivity contribution in [3.8, 4) is 11.5 Å². The van der Waals surface area contributed by atoms with Crippen LogP contribution >= 0.6 is 0 Å². The number of hydrogen-bond acceptors (Lipinski definition) is 4. The number of likely N-dealkylation sites (tertiary alicyclic amines) is 1. The minimum atomic E-state index is -0.803. The van der Waals surface area contributed by atoms with Gasteiger partial charge in [0, 0.05) is 18.5 Å². The summed E-state index contributed by atoms with van der Waals surface area (Å²) in [5, 5.41) is 2.93. The van der Waals surface area contributed by atoms with Crippen LogP contribution in [0.1, 0.15) is 45.4 Å². The summed E-state index contributed by atoms with van der Waals surface area (Å²) in [4.78, 5) is 27.6. The van der Waals surface area contributed by atoms with Crippen molar-refractivity contribution in [1.29, 1.82) is 0 Å². The summed E-state index contributed by atoms with van der Waals surface area (Å²) in [5.41, 5.74) is -0.252. The number of anilines is 1. The maximum Gasteiger partial charge on any atom is 0.250 e. The van der Waals surface area contributed by atoms with E-state index in [1.807, 2.05) is 6.92 Å². The Balaban J connectivity index is 1.73. The van der Waals surface area contributed by atoms with Crippen molar-refractivity contribution in [1.82, 2.24) is 4.90 Å². The molecule has 6 heteroatoms. The zero-order chi connectivity index (χ0) is 18.7. The third kappa shape index (κ3) is 3.37. The molecule has 26 heavy (non-hydrogen) atoms. The number of benzene rings is 1. The van der Waals surface area contributed by atoms with E-state index >= 15 is 0 Å². The number of hydrogen-bond donors (Lipinski definition) is 1. The highest BCUT2D eigenvalue weighted by Gasteiger charge is 2.50. The van der Waals surface area contributed by atoms with Gasteiger partial charge in [-0.1, -0.05) is 19.3 Å². The van der Waals surface area contributed by atoms with E-state index in [0.29, 0.717) is 30.2 Å². The molecule has 142 valence electrons. The van der Waals surface area contributed by atoms with Crippen LogP contribution in [0.15, 0.2) is 18.2 Å². The minimum absolute atomic E-state index is 0.0718. The first-order valence-corrected chi connectivity index (χ1v) is 9.34. The predicted octanol–water partition coefficient (Wildman–Crippen LogP) is 3.21. The van der Waals surface area contributed by atoms with E-state index in [1.54, 1.807) is 37.3 Å². The van der Waals surface area contributed by atoms with Crippen molar-refractivity contribution in [2.24, 2.45) is 5.92 Å². The van der Waals surface area contributed by atoms with Gasteiger partial charge in [0.2, 0.25) is 11.8 Å². The largest absolute Gasteiger partial charge is 0.497 e. The van der Waals surface area contributed by atoms with Crippen LogP contribution in [0.5, 0.6) is 11.5 Å². The van der Waals surface area contributed by atoms with Gasteiger partial charge in [-0.05, 0) is 38.3 Å². The highest BCUT2D eigenvalue weighted by atomic mass is 16.5. The highest BCUT2D eigenvalue weighted by molar-refractivity contribution is 6.02. The van der Waals surface area contributed by atoms with Gasteiger partial charge in [-0.3, -0.25) is 9.59 Å². The lowest BCUT2D eigenvalue weighted by Crippen LogP contribution is -2.67. The van der Waals surface area contributed by atoms with Gasteiger partial charge in [-0.2, -0.15) is 0 Å². The zero-order valence-electron chi connectivity index (χ0n) is 15.8. The monoisotopic (exact) mass is 360 g/mol. The molecule has 2 aliphatic rings. The fourth-order valence-electron chi connectivity index (χ4n) is 3.89. The second-order valence-corrected chi connectivity index (χ2v) is 7.37. The maximum absolute atomic E-state index is 13.0. The number of nitrogens with one attached hydrogen (secondary N) is 1. The first-order chi connectivity index (χ1) is 12.5. The van der Waals surface area contributed by atoms with E-state index in [4.69, 9.17) is 9.47 Å². The topological polar surface area (TPSA) is 67.9 Å². The molecular formula is C20H28N2O4. The van der Waals surface area contributed by atoms with Gasteiger partial charge in [0.1, 0.15) is 17.0 Å². The average molecular weight is 360 g/mol. The Hall–Kier alpha value is -2.24. The molecule has 1 N–H and O–H groups in total. The van der Waals surface area contributed by atoms with Gasteiger partial charge in [0.15, 0.2) is 0 Å². The van der Waals surface area contributed by atoms with Crippen molar-refractivity contribution in [3.05, 3.63) is 18.2 Å². The summed E-state index contributed by atoms with van der Waals surface area (Å²) >= 11 is 0. The molecule has 1 saturated carbocycles. The number of nitrogens with zero attached hydrogens (tertiary/aromatic N) is 1. The Morgan fingerprint density at radius 2 is 1.88 bits per heavy atom. The minimum Gasteiger partial charge on any atom is -0.497 e. The molecule has 1 aromatic rings. The second-order valence-electron chi connectivity index (χ2n) is 7.37. The third-order valence-electron chi connectivity index (χ3n) is 5.78. The molecule has 2 fully saturated rings. The Morgan fingerprint density at radius 3 is 2.46 bits per heavy atom. The van der Waals surface area contributed by atoms with Gasteiger partial charge < -0.3 is 19.7 Å². The molecule has 1 saturated heterocycles. The Kier molecular flexibility index (Phi) is 5.39. The van der Waals surface area contributed by atoms with Crippen LogP contribution in [0.25, 0.3) is 0 Å². The van der Waals surface area contributed by atoms with E-state index < -0.39 is 5.54 Å².